The molecule has 1 aromatic heterocycles. The first-order valence-electron chi connectivity index (χ1n) is 9.43. The lowest BCUT2D eigenvalue weighted by atomic mass is 9.76. The number of hydrogen-bond donors (Lipinski definition) is 2. The third-order valence-corrected chi connectivity index (χ3v) is 6.14. The van der Waals surface area contributed by atoms with Gasteiger partial charge in [0.2, 0.25) is 5.91 Å². The van der Waals surface area contributed by atoms with E-state index in [0.717, 1.165) is 12.8 Å². The van der Waals surface area contributed by atoms with Crippen molar-refractivity contribution < 1.29 is 19.5 Å². The predicted octanol–water partition coefficient (Wildman–Crippen LogP) is 0.982. The monoisotopic (exact) mass is 372 g/mol. The van der Waals surface area contributed by atoms with E-state index in [1.54, 1.807) is 21.9 Å². The van der Waals surface area contributed by atoms with Crippen molar-refractivity contribution in [2.45, 2.75) is 38.1 Å². The zero-order chi connectivity index (χ0) is 19.2. The van der Waals surface area contributed by atoms with Crippen molar-refractivity contribution in [2.24, 2.45) is 11.3 Å². The van der Waals surface area contributed by atoms with Gasteiger partial charge < -0.3 is 20.6 Å². The number of aliphatic carboxylic acids is 1. The molecule has 0 radical (unpaired) electrons. The van der Waals surface area contributed by atoms with Gasteiger partial charge in [-0.25, -0.2) is 9.78 Å². The van der Waals surface area contributed by atoms with E-state index >= 15 is 0 Å². The molecule has 4 rings (SSSR count). The standard InChI is InChI=1S/C19H24N4O4/c20-15-9-13(3-6-21-15)16(24)22-7-4-19(5-8-22)10-14(18(26)27)23(11-19)17(25)12-1-2-12/h3,6,9,12,14H,1-2,4-5,7-8,10-11H2,(H2,20,21)(H,26,27). The summed E-state index contributed by atoms with van der Waals surface area (Å²) in [5.41, 5.74) is 5.97. The maximum Gasteiger partial charge on any atom is 0.326 e. The van der Waals surface area contributed by atoms with Crippen molar-refractivity contribution in [2.75, 3.05) is 25.4 Å². The first-order valence-corrected chi connectivity index (χ1v) is 9.43. The van der Waals surface area contributed by atoms with E-state index in [1.807, 2.05) is 0 Å². The minimum Gasteiger partial charge on any atom is -0.480 e. The summed E-state index contributed by atoms with van der Waals surface area (Å²) in [5, 5.41) is 9.59. The van der Waals surface area contributed by atoms with Crippen LogP contribution in [0, 0.1) is 11.3 Å². The molecule has 2 saturated heterocycles. The summed E-state index contributed by atoms with van der Waals surface area (Å²) in [7, 11) is 0. The van der Waals surface area contributed by atoms with Gasteiger partial charge in [0.15, 0.2) is 0 Å². The van der Waals surface area contributed by atoms with Crippen LogP contribution in [0.3, 0.4) is 0 Å². The molecule has 3 fully saturated rings. The maximum absolute atomic E-state index is 12.7. The second-order valence-electron chi connectivity index (χ2n) is 8.06. The number of carboxylic acids is 1. The lowest BCUT2D eigenvalue weighted by Gasteiger charge is -2.39. The number of nitrogens with two attached hydrogens (primary N) is 1. The fourth-order valence-electron chi connectivity index (χ4n) is 4.38. The summed E-state index contributed by atoms with van der Waals surface area (Å²) in [4.78, 5) is 44.2. The van der Waals surface area contributed by atoms with Gasteiger partial charge in [-0.2, -0.15) is 0 Å². The third kappa shape index (κ3) is 3.36. The van der Waals surface area contributed by atoms with E-state index in [2.05, 4.69) is 4.98 Å². The summed E-state index contributed by atoms with van der Waals surface area (Å²) in [6, 6.07) is 2.48. The molecule has 3 N–H and O–H groups in total. The normalized spacial score (nSPS) is 24.2. The van der Waals surface area contributed by atoms with Gasteiger partial charge in [0, 0.05) is 37.3 Å². The van der Waals surface area contributed by atoms with Crippen LogP contribution < -0.4 is 5.73 Å². The molecule has 1 aromatic rings. The first kappa shape index (κ1) is 17.8. The molecule has 2 amide bonds. The van der Waals surface area contributed by atoms with Crippen LogP contribution >= 0.6 is 0 Å². The van der Waals surface area contributed by atoms with Crippen molar-refractivity contribution in [1.82, 2.24) is 14.8 Å². The highest BCUT2D eigenvalue weighted by atomic mass is 16.4. The molecule has 1 unspecified atom stereocenters. The fraction of sp³-hybridized carbons (Fsp3) is 0.579. The number of pyridine rings is 1. The molecule has 0 bridgehead atoms. The molecule has 144 valence electrons. The molecule has 1 saturated carbocycles. The summed E-state index contributed by atoms with van der Waals surface area (Å²) < 4.78 is 0. The highest BCUT2D eigenvalue weighted by Crippen LogP contribution is 2.45. The van der Waals surface area contributed by atoms with Crippen LogP contribution in [0.1, 0.15) is 42.5 Å². The van der Waals surface area contributed by atoms with E-state index in [1.165, 1.54) is 6.20 Å². The summed E-state index contributed by atoms with van der Waals surface area (Å²) >= 11 is 0. The van der Waals surface area contributed by atoms with Gasteiger partial charge in [0.05, 0.1) is 0 Å². The molecule has 8 nitrogen and oxygen atoms in total. The van der Waals surface area contributed by atoms with Crippen molar-refractivity contribution in [1.29, 1.82) is 0 Å². The first-order chi connectivity index (χ1) is 12.9. The third-order valence-electron chi connectivity index (χ3n) is 6.14. The predicted molar refractivity (Wildman–Crippen MR) is 96.7 cm³/mol. The highest BCUT2D eigenvalue weighted by molar-refractivity contribution is 5.94. The Balaban J connectivity index is 1.44. The molecule has 8 heteroatoms. The Hall–Kier alpha value is -2.64. The molecular formula is C19H24N4O4. The second kappa shape index (κ2) is 6.51. The number of carbonyl (C=O) groups is 3. The van der Waals surface area contributed by atoms with Crippen molar-refractivity contribution in [3.63, 3.8) is 0 Å². The zero-order valence-corrected chi connectivity index (χ0v) is 15.1. The van der Waals surface area contributed by atoms with Gasteiger partial charge in [0.25, 0.3) is 5.91 Å². The number of nitrogen functional groups attached to an aromatic ring is 1. The fourth-order valence-corrected chi connectivity index (χ4v) is 4.38. The van der Waals surface area contributed by atoms with Crippen molar-refractivity contribution in [3.8, 4) is 0 Å². The molecule has 1 spiro atoms. The second-order valence-corrected chi connectivity index (χ2v) is 8.06. The molecule has 1 aliphatic carbocycles. The summed E-state index contributed by atoms with van der Waals surface area (Å²) in [5.74, 6) is -0.696. The average Bonchev–Trinajstić information content (AvgIpc) is 3.43. The summed E-state index contributed by atoms with van der Waals surface area (Å²) in [6.45, 7) is 1.60. The lowest BCUT2D eigenvalue weighted by molar-refractivity contribution is -0.148. The largest absolute Gasteiger partial charge is 0.480 e. The number of carbonyl (C=O) groups excluding carboxylic acids is 2. The molecule has 0 aromatic carbocycles. The van der Waals surface area contributed by atoms with Gasteiger partial charge in [0.1, 0.15) is 11.9 Å². The molecular weight excluding hydrogens is 348 g/mol. The zero-order valence-electron chi connectivity index (χ0n) is 15.1. The Morgan fingerprint density at radius 2 is 1.93 bits per heavy atom. The number of piperidine rings is 1. The van der Waals surface area contributed by atoms with E-state index < -0.39 is 12.0 Å². The number of rotatable bonds is 3. The summed E-state index contributed by atoms with van der Waals surface area (Å²) in [6.07, 6.45) is 5.14. The number of carboxylic acid groups (broad SMARTS) is 1. The average molecular weight is 372 g/mol. The van der Waals surface area contributed by atoms with Crippen LogP contribution in [0.15, 0.2) is 18.3 Å². The van der Waals surface area contributed by atoms with Crippen LogP contribution in [-0.2, 0) is 9.59 Å². The number of hydrogen-bond acceptors (Lipinski definition) is 5. The number of anilines is 1. The SMILES string of the molecule is Nc1cc(C(=O)N2CCC3(CC2)CC(C(=O)O)N(C(=O)C2CC2)C3)ccn1. The van der Waals surface area contributed by atoms with Gasteiger partial charge >= 0.3 is 5.97 Å². The van der Waals surface area contributed by atoms with Crippen LogP contribution in [0.2, 0.25) is 0 Å². The Kier molecular flexibility index (Phi) is 4.28. The van der Waals surface area contributed by atoms with Crippen LogP contribution in [0.4, 0.5) is 5.82 Å². The number of likely N-dealkylation sites (tertiary alicyclic amines) is 2. The van der Waals surface area contributed by atoms with Gasteiger partial charge in [-0.05, 0) is 49.7 Å². The van der Waals surface area contributed by atoms with Crippen LogP contribution in [0.25, 0.3) is 0 Å². The Labute approximate surface area is 157 Å². The smallest absolute Gasteiger partial charge is 0.326 e. The number of aromatic nitrogens is 1. The van der Waals surface area contributed by atoms with E-state index in [9.17, 15) is 19.5 Å². The lowest BCUT2D eigenvalue weighted by Crippen LogP contribution is -2.45. The molecule has 3 heterocycles. The van der Waals surface area contributed by atoms with E-state index in [-0.39, 0.29) is 23.1 Å². The van der Waals surface area contributed by atoms with Gasteiger partial charge in [-0.15, -0.1) is 0 Å². The van der Waals surface area contributed by atoms with Crippen molar-refractivity contribution in [3.05, 3.63) is 23.9 Å². The van der Waals surface area contributed by atoms with E-state index in [0.29, 0.717) is 50.3 Å². The Bertz CT molecular complexity index is 784. The minimum atomic E-state index is -0.924. The number of amides is 2. The molecule has 1 atom stereocenters. The van der Waals surface area contributed by atoms with Crippen LogP contribution in [0.5, 0.6) is 0 Å². The Morgan fingerprint density at radius 3 is 2.52 bits per heavy atom. The quantitative estimate of drug-likeness (QED) is 0.817. The molecule has 3 aliphatic rings. The number of nitrogens with zero attached hydrogens (tertiary/aromatic N) is 3. The molecule has 27 heavy (non-hydrogen) atoms. The Morgan fingerprint density at radius 1 is 1.22 bits per heavy atom. The van der Waals surface area contributed by atoms with Crippen molar-refractivity contribution >= 4 is 23.6 Å². The topological polar surface area (TPSA) is 117 Å². The van der Waals surface area contributed by atoms with Crippen LogP contribution in [-0.4, -0.2) is 63.4 Å². The van der Waals surface area contributed by atoms with Gasteiger partial charge in [-0.1, -0.05) is 0 Å². The van der Waals surface area contributed by atoms with Gasteiger partial charge in [-0.3, -0.25) is 9.59 Å². The van der Waals surface area contributed by atoms with E-state index in [4.69, 9.17) is 5.73 Å². The highest BCUT2D eigenvalue weighted by Gasteiger charge is 2.52. The minimum absolute atomic E-state index is 0.00922. The maximum atomic E-state index is 12.7. The molecule has 2 aliphatic heterocycles.